The molecule has 2 aromatic carbocycles. The number of ether oxygens (including phenoxy) is 1. The summed E-state index contributed by atoms with van der Waals surface area (Å²) >= 11 is 1.17. The third-order valence-electron chi connectivity index (χ3n) is 4.34. The molecule has 0 unspecified atom stereocenters. The van der Waals surface area contributed by atoms with Crippen LogP contribution in [0.4, 0.5) is 5.69 Å². The number of carbonyl (C=O) groups excluding carboxylic acids is 1. The molecule has 1 atom stereocenters. The Morgan fingerprint density at radius 2 is 2.00 bits per heavy atom. The molecule has 26 heavy (non-hydrogen) atoms. The van der Waals surface area contributed by atoms with Crippen molar-refractivity contribution in [2.45, 2.75) is 33.3 Å². The first kappa shape index (κ1) is 18.2. The summed E-state index contributed by atoms with van der Waals surface area (Å²) < 4.78 is 8.40. The molecule has 5 nitrogen and oxygen atoms in total. The average molecular weight is 370 g/mol. The number of nitrogens with zero attached hydrogens (tertiary/aromatic N) is 1. The number of benzene rings is 2. The molecule has 0 aliphatic rings. The van der Waals surface area contributed by atoms with Gasteiger partial charge in [-0.3, -0.25) is 9.59 Å². The maximum Gasteiger partial charge on any atom is 0.307 e. The van der Waals surface area contributed by atoms with E-state index in [0.29, 0.717) is 12.1 Å². The Morgan fingerprint density at radius 3 is 2.73 bits per heavy atom. The Hall–Kier alpha value is -2.60. The number of aromatic nitrogens is 1. The number of carbonyl (C=O) groups is 1. The van der Waals surface area contributed by atoms with Crippen molar-refractivity contribution in [2.75, 3.05) is 5.32 Å². The fourth-order valence-electron chi connectivity index (χ4n) is 2.74. The van der Waals surface area contributed by atoms with Gasteiger partial charge in [0.05, 0.1) is 10.2 Å². The molecule has 1 aromatic heterocycles. The van der Waals surface area contributed by atoms with Crippen LogP contribution in [-0.4, -0.2) is 16.6 Å². The van der Waals surface area contributed by atoms with Gasteiger partial charge in [0.1, 0.15) is 5.75 Å². The van der Waals surface area contributed by atoms with Crippen molar-refractivity contribution in [1.82, 2.24) is 4.57 Å². The minimum atomic E-state index is -0.583. The molecule has 1 N–H and O–H groups in total. The fraction of sp³-hybridized carbons (Fsp3) is 0.300. The zero-order valence-corrected chi connectivity index (χ0v) is 16.1. The zero-order valence-electron chi connectivity index (χ0n) is 15.3. The summed E-state index contributed by atoms with van der Waals surface area (Å²) in [4.78, 5) is 24.4. The van der Waals surface area contributed by atoms with Crippen LogP contribution in [0, 0.1) is 13.8 Å². The van der Waals surface area contributed by atoms with Crippen LogP contribution in [0.1, 0.15) is 24.5 Å². The standard InChI is InChI=1S/C20H22N2O3S/c1-5-16(25-17-10-12(2)6-7-13(17)3)19(23)21-14-8-9-15-18(11-14)26-20(24)22(15)4/h6-11,16H,5H2,1-4H3,(H,21,23)/t16-/m1/s1. The van der Waals surface area contributed by atoms with Crippen molar-refractivity contribution in [3.63, 3.8) is 0 Å². The molecule has 3 aromatic rings. The number of nitrogens with one attached hydrogen (secondary N) is 1. The normalized spacial score (nSPS) is 12.2. The number of amides is 1. The molecular weight excluding hydrogens is 348 g/mol. The van der Waals surface area contributed by atoms with Gasteiger partial charge in [-0.05, 0) is 55.7 Å². The zero-order chi connectivity index (χ0) is 18.8. The number of anilines is 1. The van der Waals surface area contributed by atoms with Crippen LogP contribution in [0.5, 0.6) is 5.75 Å². The van der Waals surface area contributed by atoms with Gasteiger partial charge in [0.15, 0.2) is 6.10 Å². The van der Waals surface area contributed by atoms with Crippen LogP contribution < -0.4 is 14.9 Å². The second kappa shape index (κ2) is 7.33. The first-order chi connectivity index (χ1) is 12.4. The van der Waals surface area contributed by atoms with E-state index in [-0.39, 0.29) is 10.8 Å². The average Bonchev–Trinajstić information content (AvgIpc) is 2.89. The predicted molar refractivity (Wildman–Crippen MR) is 106 cm³/mol. The monoisotopic (exact) mass is 370 g/mol. The third kappa shape index (κ3) is 3.65. The van der Waals surface area contributed by atoms with E-state index in [0.717, 1.165) is 27.1 Å². The van der Waals surface area contributed by atoms with Crippen LogP contribution in [-0.2, 0) is 11.8 Å². The highest BCUT2D eigenvalue weighted by molar-refractivity contribution is 7.16. The number of thiazole rings is 1. The summed E-state index contributed by atoms with van der Waals surface area (Å²) in [5.74, 6) is 0.528. The molecule has 0 spiro atoms. The SMILES string of the molecule is CC[C@@H](Oc1cc(C)ccc1C)C(=O)Nc1ccc2c(c1)sc(=O)n2C. The minimum absolute atomic E-state index is 0.0202. The van der Waals surface area contributed by atoms with Gasteiger partial charge < -0.3 is 14.6 Å². The van der Waals surface area contributed by atoms with E-state index in [1.54, 1.807) is 17.7 Å². The maximum absolute atomic E-state index is 12.7. The van der Waals surface area contributed by atoms with Crippen molar-refractivity contribution >= 4 is 33.1 Å². The van der Waals surface area contributed by atoms with Gasteiger partial charge in [-0.25, -0.2) is 0 Å². The van der Waals surface area contributed by atoms with Crippen LogP contribution in [0.3, 0.4) is 0 Å². The van der Waals surface area contributed by atoms with Gasteiger partial charge in [-0.2, -0.15) is 0 Å². The number of hydrogen-bond acceptors (Lipinski definition) is 4. The Kier molecular flexibility index (Phi) is 5.13. The minimum Gasteiger partial charge on any atom is -0.480 e. The molecule has 3 rings (SSSR count). The number of aryl methyl sites for hydroxylation is 3. The number of fused-ring (bicyclic) bond motifs is 1. The van der Waals surface area contributed by atoms with Crippen LogP contribution in [0.25, 0.3) is 10.2 Å². The topological polar surface area (TPSA) is 60.3 Å². The van der Waals surface area contributed by atoms with Gasteiger partial charge in [0.25, 0.3) is 5.91 Å². The summed E-state index contributed by atoms with van der Waals surface area (Å²) in [5.41, 5.74) is 3.60. The molecule has 0 aliphatic heterocycles. The Labute approximate surface area is 156 Å². The van der Waals surface area contributed by atoms with E-state index in [1.807, 2.05) is 51.1 Å². The molecule has 0 saturated carbocycles. The highest BCUT2D eigenvalue weighted by atomic mass is 32.1. The van der Waals surface area contributed by atoms with Crippen LogP contribution in [0.15, 0.2) is 41.2 Å². The summed E-state index contributed by atoms with van der Waals surface area (Å²) in [6.45, 7) is 5.88. The van der Waals surface area contributed by atoms with Gasteiger partial charge in [-0.15, -0.1) is 0 Å². The van der Waals surface area contributed by atoms with Crippen molar-refractivity contribution in [1.29, 1.82) is 0 Å². The second-order valence-corrected chi connectivity index (χ2v) is 7.38. The van der Waals surface area contributed by atoms with E-state index in [2.05, 4.69) is 5.32 Å². The molecule has 0 radical (unpaired) electrons. The first-order valence-electron chi connectivity index (χ1n) is 8.53. The predicted octanol–water partition coefficient (Wildman–Crippen LogP) is 4.01. The van der Waals surface area contributed by atoms with E-state index in [9.17, 15) is 9.59 Å². The van der Waals surface area contributed by atoms with E-state index in [4.69, 9.17) is 4.74 Å². The van der Waals surface area contributed by atoms with E-state index in [1.165, 1.54) is 11.3 Å². The molecule has 6 heteroatoms. The quantitative estimate of drug-likeness (QED) is 0.738. The summed E-state index contributed by atoms with van der Waals surface area (Å²) in [6.07, 6.45) is -0.0270. The van der Waals surface area contributed by atoms with Crippen molar-refractivity contribution in [3.8, 4) is 5.75 Å². The molecule has 136 valence electrons. The van der Waals surface area contributed by atoms with Crippen LogP contribution >= 0.6 is 11.3 Å². The lowest BCUT2D eigenvalue weighted by Gasteiger charge is -2.19. The van der Waals surface area contributed by atoms with Gasteiger partial charge in [0.2, 0.25) is 0 Å². The lowest BCUT2D eigenvalue weighted by Crippen LogP contribution is -2.32. The summed E-state index contributed by atoms with van der Waals surface area (Å²) in [6, 6.07) is 11.4. The highest BCUT2D eigenvalue weighted by Gasteiger charge is 2.20. The van der Waals surface area contributed by atoms with Crippen molar-refractivity contribution in [2.24, 2.45) is 7.05 Å². The molecule has 0 fully saturated rings. The molecule has 0 saturated heterocycles. The Bertz CT molecular complexity index is 1020. The largest absolute Gasteiger partial charge is 0.480 e. The summed E-state index contributed by atoms with van der Waals surface area (Å²) in [5, 5.41) is 2.90. The smallest absolute Gasteiger partial charge is 0.307 e. The molecule has 1 amide bonds. The molecule has 1 heterocycles. The lowest BCUT2D eigenvalue weighted by atomic mass is 10.1. The van der Waals surface area contributed by atoms with Gasteiger partial charge >= 0.3 is 4.87 Å². The van der Waals surface area contributed by atoms with Gasteiger partial charge in [-0.1, -0.05) is 30.4 Å². The molecule has 0 aliphatic carbocycles. The third-order valence-corrected chi connectivity index (χ3v) is 5.33. The fourth-order valence-corrected chi connectivity index (χ4v) is 3.66. The number of hydrogen-bond donors (Lipinski definition) is 1. The van der Waals surface area contributed by atoms with Crippen molar-refractivity contribution in [3.05, 3.63) is 57.2 Å². The number of rotatable bonds is 5. The Morgan fingerprint density at radius 1 is 1.23 bits per heavy atom. The van der Waals surface area contributed by atoms with Crippen molar-refractivity contribution < 1.29 is 9.53 Å². The highest BCUT2D eigenvalue weighted by Crippen LogP contribution is 2.23. The first-order valence-corrected chi connectivity index (χ1v) is 9.35. The molecular formula is C20H22N2O3S. The lowest BCUT2D eigenvalue weighted by molar-refractivity contribution is -0.122. The Balaban J connectivity index is 1.79. The molecule has 0 bridgehead atoms. The van der Waals surface area contributed by atoms with Gasteiger partial charge in [0, 0.05) is 12.7 Å². The van der Waals surface area contributed by atoms with E-state index >= 15 is 0 Å². The van der Waals surface area contributed by atoms with Crippen LogP contribution in [0.2, 0.25) is 0 Å². The maximum atomic E-state index is 12.7. The second-order valence-electron chi connectivity index (χ2n) is 6.38. The van der Waals surface area contributed by atoms with E-state index < -0.39 is 6.10 Å². The summed E-state index contributed by atoms with van der Waals surface area (Å²) in [7, 11) is 1.74.